The largest absolute Gasteiger partial charge is 0.393 e. The zero-order chi connectivity index (χ0) is 14.5. The van der Waals surface area contributed by atoms with Gasteiger partial charge in [0.15, 0.2) is 0 Å². The van der Waals surface area contributed by atoms with E-state index in [1.54, 1.807) is 12.1 Å². The number of nitrogens with one attached hydrogen (secondary N) is 1. The molecule has 0 aliphatic heterocycles. The topological polar surface area (TPSA) is 69.6 Å². The molecule has 1 unspecified atom stereocenters. The number of hydrogen-bond acceptors (Lipinski definition) is 4. The third-order valence-corrected chi connectivity index (χ3v) is 3.11. The van der Waals surface area contributed by atoms with Crippen molar-refractivity contribution in [2.45, 2.75) is 23.2 Å². The first kappa shape index (κ1) is 15.9. The summed E-state index contributed by atoms with van der Waals surface area (Å²) in [7, 11) is 0. The SMILES string of the molecule is CC(O)(CO)CNC(=O)c1ccccc1SC(F)F. The van der Waals surface area contributed by atoms with Crippen LogP contribution in [0.5, 0.6) is 0 Å². The Bertz CT molecular complexity index is 441. The molecule has 106 valence electrons. The molecule has 0 aliphatic carbocycles. The first-order valence-corrected chi connectivity index (χ1v) is 6.39. The summed E-state index contributed by atoms with van der Waals surface area (Å²) in [6.07, 6.45) is 0. The number of benzene rings is 1. The maximum atomic E-state index is 12.4. The van der Waals surface area contributed by atoms with Gasteiger partial charge in [-0.3, -0.25) is 4.79 Å². The molecule has 0 heterocycles. The van der Waals surface area contributed by atoms with Gasteiger partial charge < -0.3 is 15.5 Å². The number of aliphatic hydroxyl groups is 2. The Kier molecular flexibility index (Phi) is 5.71. The lowest BCUT2D eigenvalue weighted by Crippen LogP contribution is -2.43. The molecule has 1 amide bonds. The summed E-state index contributed by atoms with van der Waals surface area (Å²) in [4.78, 5) is 12.0. The van der Waals surface area contributed by atoms with Gasteiger partial charge in [0.25, 0.3) is 11.7 Å². The van der Waals surface area contributed by atoms with Crippen LogP contribution >= 0.6 is 11.8 Å². The highest BCUT2D eigenvalue weighted by Crippen LogP contribution is 2.28. The molecular weight excluding hydrogens is 276 g/mol. The lowest BCUT2D eigenvalue weighted by atomic mass is 10.1. The van der Waals surface area contributed by atoms with Gasteiger partial charge in [0.2, 0.25) is 0 Å². The van der Waals surface area contributed by atoms with E-state index in [2.05, 4.69) is 5.32 Å². The van der Waals surface area contributed by atoms with Gasteiger partial charge in [-0.15, -0.1) is 0 Å². The number of alkyl halides is 2. The molecule has 0 radical (unpaired) electrons. The van der Waals surface area contributed by atoms with Gasteiger partial charge in [-0.1, -0.05) is 23.9 Å². The minimum atomic E-state index is -2.62. The van der Waals surface area contributed by atoms with Gasteiger partial charge in [0.1, 0.15) is 5.60 Å². The van der Waals surface area contributed by atoms with Gasteiger partial charge >= 0.3 is 0 Å². The predicted molar refractivity (Wildman–Crippen MR) is 68.3 cm³/mol. The molecule has 1 aromatic carbocycles. The Morgan fingerprint density at radius 1 is 1.47 bits per heavy atom. The summed E-state index contributed by atoms with van der Waals surface area (Å²) < 4.78 is 24.7. The predicted octanol–water partition coefficient (Wildman–Crippen LogP) is 1.47. The fourth-order valence-corrected chi connectivity index (χ4v) is 1.91. The molecule has 1 aromatic rings. The molecule has 19 heavy (non-hydrogen) atoms. The standard InChI is InChI=1S/C12H15F2NO3S/c1-12(18,7-16)6-15-10(17)8-4-2-3-5-9(8)19-11(13)14/h2-5,11,16,18H,6-7H2,1H3,(H,15,17). The van der Waals surface area contributed by atoms with Crippen molar-refractivity contribution in [2.24, 2.45) is 0 Å². The number of carbonyl (C=O) groups is 1. The second-order valence-electron chi connectivity index (χ2n) is 4.21. The van der Waals surface area contributed by atoms with Gasteiger partial charge in [-0.2, -0.15) is 8.78 Å². The molecular formula is C12H15F2NO3S. The molecule has 7 heteroatoms. The van der Waals surface area contributed by atoms with Crippen LogP contribution < -0.4 is 5.32 Å². The van der Waals surface area contributed by atoms with E-state index in [1.165, 1.54) is 19.1 Å². The maximum absolute atomic E-state index is 12.4. The van der Waals surface area contributed by atoms with Crippen molar-refractivity contribution < 1.29 is 23.8 Å². The first-order valence-electron chi connectivity index (χ1n) is 5.51. The molecule has 1 rings (SSSR count). The summed E-state index contributed by atoms with van der Waals surface area (Å²) >= 11 is 0.286. The van der Waals surface area contributed by atoms with Crippen LogP contribution in [0.4, 0.5) is 8.78 Å². The molecule has 0 spiro atoms. The number of carbonyl (C=O) groups excluding carboxylic acids is 1. The normalized spacial score (nSPS) is 14.2. The molecule has 0 aromatic heterocycles. The van der Waals surface area contributed by atoms with E-state index in [-0.39, 0.29) is 28.8 Å². The number of aliphatic hydroxyl groups excluding tert-OH is 1. The van der Waals surface area contributed by atoms with Crippen LogP contribution in [-0.2, 0) is 0 Å². The highest BCUT2D eigenvalue weighted by atomic mass is 32.2. The van der Waals surface area contributed by atoms with Crippen LogP contribution in [0.1, 0.15) is 17.3 Å². The summed E-state index contributed by atoms with van der Waals surface area (Å²) in [6.45, 7) is 0.670. The quantitative estimate of drug-likeness (QED) is 0.694. The molecule has 1 atom stereocenters. The summed E-state index contributed by atoms with van der Waals surface area (Å²) in [5, 5.41) is 20.8. The Morgan fingerprint density at radius 3 is 2.68 bits per heavy atom. The van der Waals surface area contributed by atoms with Gasteiger partial charge in [-0.05, 0) is 19.1 Å². The molecule has 0 aliphatic rings. The van der Waals surface area contributed by atoms with Gasteiger partial charge in [0.05, 0.1) is 12.2 Å². The van der Waals surface area contributed by atoms with E-state index >= 15 is 0 Å². The van der Waals surface area contributed by atoms with Gasteiger partial charge in [-0.25, -0.2) is 0 Å². The van der Waals surface area contributed by atoms with Gasteiger partial charge in [0, 0.05) is 11.4 Å². The summed E-state index contributed by atoms with van der Waals surface area (Å²) in [5.74, 6) is -3.19. The van der Waals surface area contributed by atoms with Crippen molar-refractivity contribution in [3.63, 3.8) is 0 Å². The molecule has 3 N–H and O–H groups in total. The smallest absolute Gasteiger partial charge is 0.288 e. The number of halogens is 2. The van der Waals surface area contributed by atoms with Crippen LogP contribution in [0.2, 0.25) is 0 Å². The van der Waals surface area contributed by atoms with E-state index in [9.17, 15) is 18.7 Å². The first-order chi connectivity index (χ1) is 8.85. The zero-order valence-corrected chi connectivity index (χ0v) is 11.1. The van der Waals surface area contributed by atoms with E-state index in [4.69, 9.17) is 5.11 Å². The fraction of sp³-hybridized carbons (Fsp3) is 0.417. The highest BCUT2D eigenvalue weighted by molar-refractivity contribution is 7.99. The zero-order valence-electron chi connectivity index (χ0n) is 10.3. The number of amides is 1. The van der Waals surface area contributed by atoms with Crippen molar-refractivity contribution in [2.75, 3.05) is 13.2 Å². The van der Waals surface area contributed by atoms with Crippen molar-refractivity contribution in [3.8, 4) is 0 Å². The molecule has 0 bridgehead atoms. The molecule has 4 nitrogen and oxygen atoms in total. The van der Waals surface area contributed by atoms with Crippen molar-refractivity contribution in [1.29, 1.82) is 0 Å². The van der Waals surface area contributed by atoms with Crippen LogP contribution in [0.3, 0.4) is 0 Å². The second kappa shape index (κ2) is 6.83. The van der Waals surface area contributed by atoms with Crippen LogP contribution in [0.15, 0.2) is 29.2 Å². The lowest BCUT2D eigenvalue weighted by Gasteiger charge is -2.21. The number of hydrogen-bond donors (Lipinski definition) is 3. The van der Waals surface area contributed by atoms with E-state index in [1.807, 2.05) is 0 Å². The third kappa shape index (κ3) is 5.14. The molecule has 0 saturated heterocycles. The molecule has 0 fully saturated rings. The van der Waals surface area contributed by atoms with Crippen molar-refractivity contribution in [1.82, 2.24) is 5.32 Å². The van der Waals surface area contributed by atoms with E-state index in [0.29, 0.717) is 0 Å². The molecule has 0 saturated carbocycles. The fourth-order valence-electron chi connectivity index (χ4n) is 1.27. The van der Waals surface area contributed by atoms with Crippen LogP contribution in [-0.4, -0.2) is 40.6 Å². The number of rotatable bonds is 6. The minimum Gasteiger partial charge on any atom is -0.393 e. The third-order valence-electron chi connectivity index (χ3n) is 2.32. The second-order valence-corrected chi connectivity index (χ2v) is 5.24. The van der Waals surface area contributed by atoms with Crippen molar-refractivity contribution in [3.05, 3.63) is 29.8 Å². The summed E-state index contributed by atoms with van der Waals surface area (Å²) in [5.41, 5.74) is -1.33. The maximum Gasteiger partial charge on any atom is 0.288 e. The van der Waals surface area contributed by atoms with E-state index < -0.39 is 23.9 Å². The minimum absolute atomic E-state index is 0.113. The highest BCUT2D eigenvalue weighted by Gasteiger charge is 2.21. The van der Waals surface area contributed by atoms with Crippen LogP contribution in [0.25, 0.3) is 0 Å². The van der Waals surface area contributed by atoms with Crippen molar-refractivity contribution >= 4 is 17.7 Å². The monoisotopic (exact) mass is 291 g/mol. The summed E-state index contributed by atoms with van der Waals surface area (Å²) in [6, 6.07) is 5.98. The Labute approximate surface area is 113 Å². The van der Waals surface area contributed by atoms with E-state index in [0.717, 1.165) is 0 Å². The number of thioether (sulfide) groups is 1. The lowest BCUT2D eigenvalue weighted by molar-refractivity contribution is 0.00317. The Morgan fingerprint density at radius 2 is 2.11 bits per heavy atom. The van der Waals surface area contributed by atoms with Crippen LogP contribution in [0, 0.1) is 0 Å². The Balaban J connectivity index is 2.77. The Hall–Kier alpha value is -1.18. The average Bonchev–Trinajstić information content (AvgIpc) is 2.36. The average molecular weight is 291 g/mol.